The van der Waals surface area contributed by atoms with E-state index in [1.54, 1.807) is 0 Å². The fraction of sp³-hybridized carbons (Fsp3) is 0.562. The lowest BCUT2D eigenvalue weighted by Crippen LogP contribution is -2.39. The van der Waals surface area contributed by atoms with Gasteiger partial charge in [0.05, 0.1) is 6.61 Å². The van der Waals surface area contributed by atoms with Gasteiger partial charge in [-0.3, -0.25) is 4.79 Å². The lowest BCUT2D eigenvalue weighted by molar-refractivity contribution is 0.0683. The number of hydrogen-bond donors (Lipinski definition) is 0. The van der Waals surface area contributed by atoms with E-state index in [4.69, 9.17) is 4.74 Å². The van der Waals surface area contributed by atoms with Crippen LogP contribution >= 0.6 is 0 Å². The summed E-state index contributed by atoms with van der Waals surface area (Å²) in [5, 5.41) is 0. The van der Waals surface area contributed by atoms with E-state index < -0.39 is 0 Å². The van der Waals surface area contributed by atoms with Gasteiger partial charge in [0.2, 0.25) is 0 Å². The molecule has 0 aliphatic carbocycles. The molecule has 1 unspecified atom stereocenters. The zero-order valence-electron chi connectivity index (χ0n) is 12.1. The molecule has 3 heteroatoms. The molecule has 0 aromatic heterocycles. The fourth-order valence-electron chi connectivity index (χ4n) is 2.66. The Morgan fingerprint density at radius 3 is 2.89 bits per heavy atom. The van der Waals surface area contributed by atoms with Crippen LogP contribution in [0.15, 0.2) is 18.2 Å². The molecule has 0 saturated carbocycles. The first kappa shape index (κ1) is 13.9. The number of carbonyl (C=O) groups excluding carboxylic acids is 1. The molecule has 1 atom stereocenters. The molecule has 1 saturated heterocycles. The van der Waals surface area contributed by atoms with Crippen molar-refractivity contribution in [1.29, 1.82) is 0 Å². The summed E-state index contributed by atoms with van der Waals surface area (Å²) in [6.07, 6.45) is 2.34. The molecule has 0 radical (unpaired) electrons. The van der Waals surface area contributed by atoms with Crippen LogP contribution in [-0.2, 0) is 0 Å². The molecule has 0 spiro atoms. The number of ether oxygens (including phenoxy) is 1. The highest BCUT2D eigenvalue weighted by atomic mass is 16.5. The van der Waals surface area contributed by atoms with Crippen molar-refractivity contribution in [3.05, 3.63) is 29.3 Å². The van der Waals surface area contributed by atoms with Crippen molar-refractivity contribution in [2.24, 2.45) is 5.92 Å². The van der Waals surface area contributed by atoms with Gasteiger partial charge in [0.15, 0.2) is 0 Å². The highest BCUT2D eigenvalue weighted by Gasteiger charge is 2.22. The number of carbonyl (C=O) groups is 1. The molecule has 2 rings (SSSR count). The molecule has 1 amide bonds. The molecule has 3 nitrogen and oxygen atoms in total. The van der Waals surface area contributed by atoms with E-state index in [1.165, 1.54) is 6.42 Å². The van der Waals surface area contributed by atoms with Crippen LogP contribution in [0.4, 0.5) is 0 Å². The van der Waals surface area contributed by atoms with Crippen molar-refractivity contribution >= 4 is 5.91 Å². The van der Waals surface area contributed by atoms with Gasteiger partial charge in [-0.2, -0.15) is 0 Å². The van der Waals surface area contributed by atoms with Crippen LogP contribution in [-0.4, -0.2) is 30.5 Å². The normalized spacial score (nSPS) is 19.3. The van der Waals surface area contributed by atoms with Gasteiger partial charge < -0.3 is 9.64 Å². The van der Waals surface area contributed by atoms with Gasteiger partial charge in [-0.15, -0.1) is 0 Å². The molecule has 1 aromatic rings. The molecule has 1 aliphatic rings. The second-order valence-electron chi connectivity index (χ2n) is 5.41. The molecule has 104 valence electrons. The lowest BCUT2D eigenvalue weighted by Gasteiger charge is -2.31. The van der Waals surface area contributed by atoms with Crippen LogP contribution in [0.1, 0.15) is 42.6 Å². The largest absolute Gasteiger partial charge is 0.494 e. The molecule has 1 fully saturated rings. The number of likely N-dealkylation sites (tertiary alicyclic amines) is 1. The Morgan fingerprint density at radius 1 is 1.47 bits per heavy atom. The van der Waals surface area contributed by atoms with Crippen LogP contribution in [0.2, 0.25) is 0 Å². The van der Waals surface area contributed by atoms with Crippen LogP contribution in [0.25, 0.3) is 0 Å². The fourth-order valence-corrected chi connectivity index (χ4v) is 2.66. The smallest absolute Gasteiger partial charge is 0.253 e. The van der Waals surface area contributed by atoms with Crippen molar-refractivity contribution in [2.45, 2.75) is 33.6 Å². The maximum absolute atomic E-state index is 12.5. The highest BCUT2D eigenvalue weighted by molar-refractivity contribution is 5.94. The summed E-state index contributed by atoms with van der Waals surface area (Å²) in [4.78, 5) is 14.4. The third-order valence-electron chi connectivity index (χ3n) is 3.67. The number of amides is 1. The first-order chi connectivity index (χ1) is 9.11. The van der Waals surface area contributed by atoms with Crippen molar-refractivity contribution in [2.75, 3.05) is 19.7 Å². The Morgan fingerprint density at radius 2 is 2.26 bits per heavy atom. The number of rotatable bonds is 3. The maximum Gasteiger partial charge on any atom is 0.253 e. The zero-order chi connectivity index (χ0) is 13.8. The van der Waals surface area contributed by atoms with Gasteiger partial charge in [-0.1, -0.05) is 6.92 Å². The SMILES string of the molecule is CCOc1ccc(C(=O)N2CCCC(C)C2)cc1C. The minimum Gasteiger partial charge on any atom is -0.494 e. The third kappa shape index (κ3) is 3.28. The molecule has 19 heavy (non-hydrogen) atoms. The van der Waals surface area contributed by atoms with Crippen LogP contribution in [0, 0.1) is 12.8 Å². The van der Waals surface area contributed by atoms with E-state index in [-0.39, 0.29) is 5.91 Å². The Bertz CT molecular complexity index is 456. The average molecular weight is 261 g/mol. The minimum atomic E-state index is 0.151. The number of piperidine rings is 1. The number of aryl methyl sites for hydroxylation is 1. The lowest BCUT2D eigenvalue weighted by atomic mass is 9.99. The average Bonchev–Trinajstić information content (AvgIpc) is 2.40. The number of benzene rings is 1. The van der Waals surface area contributed by atoms with E-state index in [0.29, 0.717) is 12.5 Å². The van der Waals surface area contributed by atoms with Gasteiger partial charge >= 0.3 is 0 Å². The summed E-state index contributed by atoms with van der Waals surface area (Å²) < 4.78 is 5.51. The van der Waals surface area contributed by atoms with Gasteiger partial charge in [-0.05, 0) is 56.4 Å². The predicted molar refractivity (Wildman–Crippen MR) is 76.6 cm³/mol. The number of nitrogens with zero attached hydrogens (tertiary/aromatic N) is 1. The van der Waals surface area contributed by atoms with Gasteiger partial charge in [0, 0.05) is 18.7 Å². The van der Waals surface area contributed by atoms with E-state index >= 15 is 0 Å². The quantitative estimate of drug-likeness (QED) is 0.835. The second-order valence-corrected chi connectivity index (χ2v) is 5.41. The molecular formula is C16H23NO2. The van der Waals surface area contributed by atoms with Crippen LogP contribution in [0.3, 0.4) is 0 Å². The van der Waals surface area contributed by atoms with E-state index in [2.05, 4.69) is 6.92 Å². The first-order valence-corrected chi connectivity index (χ1v) is 7.14. The monoisotopic (exact) mass is 261 g/mol. The highest BCUT2D eigenvalue weighted by Crippen LogP contribution is 2.22. The zero-order valence-corrected chi connectivity index (χ0v) is 12.1. The Kier molecular flexibility index (Phi) is 4.46. The van der Waals surface area contributed by atoms with Gasteiger partial charge in [0.25, 0.3) is 5.91 Å². The summed E-state index contributed by atoms with van der Waals surface area (Å²) in [6.45, 7) is 8.58. The van der Waals surface area contributed by atoms with Crippen molar-refractivity contribution in [3.63, 3.8) is 0 Å². The van der Waals surface area contributed by atoms with Crippen LogP contribution < -0.4 is 4.74 Å². The van der Waals surface area contributed by atoms with E-state index in [1.807, 2.05) is 36.9 Å². The van der Waals surface area contributed by atoms with E-state index in [9.17, 15) is 4.79 Å². The van der Waals surface area contributed by atoms with Crippen molar-refractivity contribution in [1.82, 2.24) is 4.90 Å². The molecule has 0 bridgehead atoms. The van der Waals surface area contributed by atoms with Gasteiger partial charge in [0.1, 0.15) is 5.75 Å². The summed E-state index contributed by atoms with van der Waals surface area (Å²) in [5.41, 5.74) is 1.80. The molecule has 0 N–H and O–H groups in total. The van der Waals surface area contributed by atoms with Crippen molar-refractivity contribution in [3.8, 4) is 5.75 Å². The Hall–Kier alpha value is -1.51. The second kappa shape index (κ2) is 6.09. The summed E-state index contributed by atoms with van der Waals surface area (Å²) >= 11 is 0. The molecule has 1 aromatic carbocycles. The van der Waals surface area contributed by atoms with Crippen LogP contribution in [0.5, 0.6) is 5.75 Å². The predicted octanol–water partition coefficient (Wildman–Crippen LogP) is 3.27. The minimum absolute atomic E-state index is 0.151. The third-order valence-corrected chi connectivity index (χ3v) is 3.67. The molecule has 1 aliphatic heterocycles. The molecule has 1 heterocycles. The summed E-state index contributed by atoms with van der Waals surface area (Å²) in [7, 11) is 0. The topological polar surface area (TPSA) is 29.5 Å². The van der Waals surface area contributed by atoms with Crippen molar-refractivity contribution < 1.29 is 9.53 Å². The summed E-state index contributed by atoms with van der Waals surface area (Å²) in [6, 6.07) is 5.71. The van der Waals surface area contributed by atoms with E-state index in [0.717, 1.165) is 36.4 Å². The van der Waals surface area contributed by atoms with Gasteiger partial charge in [-0.25, -0.2) is 0 Å². The number of hydrogen-bond acceptors (Lipinski definition) is 2. The maximum atomic E-state index is 12.5. The first-order valence-electron chi connectivity index (χ1n) is 7.14. The summed E-state index contributed by atoms with van der Waals surface area (Å²) in [5.74, 6) is 1.63. The molecular weight excluding hydrogens is 238 g/mol. The standard InChI is InChI=1S/C16H23NO2/c1-4-19-15-8-7-14(10-13(15)3)16(18)17-9-5-6-12(2)11-17/h7-8,10,12H,4-6,9,11H2,1-3H3. The Balaban J connectivity index is 2.12. The Labute approximate surface area is 115 Å².